The summed E-state index contributed by atoms with van der Waals surface area (Å²) < 4.78 is 111. The van der Waals surface area contributed by atoms with Crippen molar-refractivity contribution in [2.75, 3.05) is 18.9 Å². The number of ketones is 1. The van der Waals surface area contributed by atoms with E-state index in [9.17, 15) is 49.5 Å². The molecule has 0 saturated heterocycles. The van der Waals surface area contributed by atoms with Gasteiger partial charge in [-0.2, -0.15) is 35.1 Å². The van der Waals surface area contributed by atoms with E-state index in [1.807, 2.05) is 0 Å². The Hall–Kier alpha value is -3.23. The first-order valence-corrected chi connectivity index (χ1v) is 11.7. The molecule has 0 heterocycles. The minimum Gasteiger partial charge on any atom is -0.433 e. The fourth-order valence-electron chi connectivity index (χ4n) is 3.29. The molecule has 0 fully saturated rings. The quantitative estimate of drug-likeness (QED) is 0.261. The molecule has 0 saturated carbocycles. The van der Waals surface area contributed by atoms with Crippen LogP contribution in [0.2, 0.25) is 0 Å². The van der Waals surface area contributed by atoms with E-state index in [0.29, 0.717) is 6.07 Å². The number of nitrogens with zero attached hydrogens (tertiary/aromatic N) is 1. The summed E-state index contributed by atoms with van der Waals surface area (Å²) in [6.07, 6.45) is -12.1. The van der Waals surface area contributed by atoms with E-state index in [0.717, 1.165) is 0 Å². The van der Waals surface area contributed by atoms with Crippen LogP contribution >= 0.6 is 15.9 Å². The highest BCUT2D eigenvalue weighted by atomic mass is 79.9. The summed E-state index contributed by atoms with van der Waals surface area (Å²) in [5.41, 5.74) is -6.53. The molecule has 0 unspecified atom stereocenters. The number of nitrogens with one attached hydrogen (secondary N) is 1. The standard InChI is InChI=1S/C24H21BrF8N2O4/c1-4-35(3)20(38)16(36)9-12-6-5-7-13(8-12)19(37)34-18-15(25)10-14(11-17(18)39-21(26)27)22(2,23(28,29)30)24(31,32)33/h5-8,10-11,21H,4,9H2,1-3H3,(H,34,37). The van der Waals surface area contributed by atoms with Crippen molar-refractivity contribution in [3.05, 3.63) is 57.6 Å². The molecule has 15 heteroatoms. The Bertz CT molecular complexity index is 1230. The Morgan fingerprint density at radius 2 is 1.62 bits per heavy atom. The third-order valence-corrected chi connectivity index (χ3v) is 6.46. The highest BCUT2D eigenvalue weighted by Crippen LogP contribution is 2.53. The first-order valence-electron chi connectivity index (χ1n) is 10.9. The number of carbonyl (C=O) groups excluding carboxylic acids is 3. The van der Waals surface area contributed by atoms with Gasteiger partial charge in [-0.1, -0.05) is 12.1 Å². The van der Waals surface area contributed by atoms with E-state index in [4.69, 9.17) is 0 Å². The number of alkyl halides is 8. The number of ether oxygens (including phenoxy) is 1. The van der Waals surface area contributed by atoms with Crippen molar-refractivity contribution in [1.82, 2.24) is 4.90 Å². The van der Waals surface area contributed by atoms with Crippen molar-refractivity contribution < 1.29 is 54.2 Å². The van der Waals surface area contributed by atoms with Crippen LogP contribution in [0.3, 0.4) is 0 Å². The van der Waals surface area contributed by atoms with Crippen LogP contribution in [0.4, 0.5) is 40.8 Å². The molecule has 0 aromatic heterocycles. The van der Waals surface area contributed by atoms with Gasteiger partial charge in [-0.25, -0.2) is 0 Å². The van der Waals surface area contributed by atoms with Crippen LogP contribution in [0, 0.1) is 0 Å². The SMILES string of the molecule is CCN(C)C(=O)C(=O)Cc1cccc(C(=O)Nc2c(Br)cc(C(C)(C(F)(F)F)C(F)(F)F)cc2OC(F)F)c1. The topological polar surface area (TPSA) is 75.7 Å². The number of halogens is 9. The van der Waals surface area contributed by atoms with Gasteiger partial charge in [0.1, 0.15) is 0 Å². The molecule has 214 valence electrons. The van der Waals surface area contributed by atoms with Gasteiger partial charge < -0.3 is 15.0 Å². The molecule has 0 bridgehead atoms. The third kappa shape index (κ3) is 7.05. The highest BCUT2D eigenvalue weighted by molar-refractivity contribution is 9.10. The van der Waals surface area contributed by atoms with Gasteiger partial charge in [0.05, 0.1) is 5.69 Å². The Labute approximate surface area is 225 Å². The fraction of sp³-hybridized carbons (Fsp3) is 0.375. The number of anilines is 1. The van der Waals surface area contributed by atoms with Crippen LogP contribution in [0.15, 0.2) is 40.9 Å². The second-order valence-corrected chi connectivity index (χ2v) is 9.26. The number of rotatable bonds is 9. The summed E-state index contributed by atoms with van der Waals surface area (Å²) in [6, 6.07) is 5.73. The van der Waals surface area contributed by atoms with Crippen molar-refractivity contribution in [3.63, 3.8) is 0 Å². The van der Waals surface area contributed by atoms with Crippen molar-refractivity contribution in [2.24, 2.45) is 0 Å². The smallest absolute Gasteiger partial charge is 0.406 e. The molecule has 0 spiro atoms. The summed E-state index contributed by atoms with van der Waals surface area (Å²) in [7, 11) is 1.41. The van der Waals surface area contributed by atoms with Crippen LogP contribution in [-0.4, -0.2) is 55.1 Å². The van der Waals surface area contributed by atoms with Crippen LogP contribution in [-0.2, 0) is 21.4 Å². The molecule has 2 aromatic rings. The lowest BCUT2D eigenvalue weighted by atomic mass is 9.80. The first-order chi connectivity index (χ1) is 17.8. The van der Waals surface area contributed by atoms with Gasteiger partial charge in [0.2, 0.25) is 5.78 Å². The maximum Gasteiger partial charge on any atom is 0.406 e. The molecule has 0 aliphatic rings. The average Bonchev–Trinajstić information content (AvgIpc) is 2.82. The van der Waals surface area contributed by atoms with Crippen LogP contribution < -0.4 is 10.1 Å². The zero-order chi connectivity index (χ0) is 29.9. The molecular formula is C24H21BrF8N2O4. The molecule has 39 heavy (non-hydrogen) atoms. The molecule has 0 aliphatic heterocycles. The van der Waals surface area contributed by atoms with Crippen molar-refractivity contribution in [3.8, 4) is 5.75 Å². The minimum atomic E-state index is -5.87. The van der Waals surface area contributed by atoms with Gasteiger partial charge in [0, 0.05) is 30.0 Å². The monoisotopic (exact) mass is 632 g/mol. The predicted octanol–water partition coefficient (Wildman–Crippen LogP) is 6.28. The van der Waals surface area contributed by atoms with E-state index in [1.54, 1.807) is 6.92 Å². The molecular weight excluding hydrogens is 612 g/mol. The number of Topliss-reactive ketones (excluding diaryl/α,β-unsaturated/α-hetero) is 1. The second kappa shape index (κ2) is 11.9. The molecule has 1 N–H and O–H groups in total. The Morgan fingerprint density at radius 3 is 2.13 bits per heavy atom. The normalized spacial score (nSPS) is 12.3. The van der Waals surface area contributed by atoms with Crippen LogP contribution in [0.1, 0.15) is 35.3 Å². The number of carbonyl (C=O) groups is 3. The lowest BCUT2D eigenvalue weighted by Gasteiger charge is -2.35. The Balaban J connectivity index is 2.48. The van der Waals surface area contributed by atoms with E-state index >= 15 is 0 Å². The predicted molar refractivity (Wildman–Crippen MR) is 127 cm³/mol. The number of likely N-dealkylation sites (N-methyl/N-ethyl adjacent to an activating group) is 1. The summed E-state index contributed by atoms with van der Waals surface area (Å²) >= 11 is 2.74. The van der Waals surface area contributed by atoms with E-state index < -0.39 is 63.4 Å². The molecule has 6 nitrogen and oxygen atoms in total. The largest absolute Gasteiger partial charge is 0.433 e. The Morgan fingerprint density at radius 1 is 1.03 bits per heavy atom. The summed E-state index contributed by atoms with van der Waals surface area (Å²) in [4.78, 5) is 38.2. The maximum absolute atomic E-state index is 13.5. The average molecular weight is 633 g/mol. The van der Waals surface area contributed by atoms with Crippen molar-refractivity contribution in [1.29, 1.82) is 0 Å². The lowest BCUT2D eigenvalue weighted by molar-refractivity contribution is -0.297. The minimum absolute atomic E-state index is 0.123. The zero-order valence-electron chi connectivity index (χ0n) is 20.4. The van der Waals surface area contributed by atoms with Gasteiger partial charge in [0.25, 0.3) is 11.8 Å². The lowest BCUT2D eigenvalue weighted by Crippen LogP contribution is -2.51. The molecule has 2 rings (SSSR count). The van der Waals surface area contributed by atoms with E-state index in [2.05, 4.69) is 26.0 Å². The van der Waals surface area contributed by atoms with E-state index in [1.165, 1.54) is 36.2 Å². The molecule has 0 radical (unpaired) electrons. The summed E-state index contributed by atoms with van der Waals surface area (Å²) in [5.74, 6) is -3.74. The zero-order valence-corrected chi connectivity index (χ0v) is 22.0. The summed E-state index contributed by atoms with van der Waals surface area (Å²) in [5, 5.41) is 2.12. The van der Waals surface area contributed by atoms with Gasteiger partial charge in [-0.05, 0) is 65.2 Å². The van der Waals surface area contributed by atoms with Crippen LogP contribution in [0.25, 0.3) is 0 Å². The second-order valence-electron chi connectivity index (χ2n) is 8.40. The van der Waals surface area contributed by atoms with Crippen molar-refractivity contribution >= 4 is 39.2 Å². The maximum atomic E-state index is 13.5. The molecule has 2 amide bonds. The first kappa shape index (κ1) is 32.0. The highest BCUT2D eigenvalue weighted by Gasteiger charge is 2.68. The molecule has 0 aliphatic carbocycles. The van der Waals surface area contributed by atoms with Gasteiger partial charge in [0.15, 0.2) is 11.2 Å². The van der Waals surface area contributed by atoms with Gasteiger partial charge in [-0.3, -0.25) is 14.4 Å². The van der Waals surface area contributed by atoms with Gasteiger partial charge >= 0.3 is 19.0 Å². The third-order valence-electron chi connectivity index (χ3n) is 5.83. The Kier molecular flexibility index (Phi) is 9.74. The fourth-order valence-corrected chi connectivity index (χ4v) is 3.84. The van der Waals surface area contributed by atoms with Crippen molar-refractivity contribution in [2.45, 2.75) is 44.6 Å². The van der Waals surface area contributed by atoms with Crippen LogP contribution in [0.5, 0.6) is 5.75 Å². The number of amides is 2. The number of hydrogen-bond acceptors (Lipinski definition) is 4. The molecule has 0 atom stereocenters. The number of benzene rings is 2. The summed E-state index contributed by atoms with van der Waals surface area (Å²) in [6.45, 7) is -1.90. The van der Waals surface area contributed by atoms with Gasteiger partial charge in [-0.15, -0.1) is 0 Å². The number of hydrogen-bond donors (Lipinski definition) is 1. The van der Waals surface area contributed by atoms with E-state index in [-0.39, 0.29) is 37.1 Å². The molecule has 2 aromatic carbocycles.